The Morgan fingerprint density at radius 2 is 2.37 bits per heavy atom. The molecule has 2 aromatic rings. The first-order valence-corrected chi connectivity index (χ1v) is 7.31. The minimum Gasteiger partial charge on any atom is -0.297 e. The van der Waals surface area contributed by atoms with Crippen LogP contribution in [0.25, 0.3) is 0 Å². The van der Waals surface area contributed by atoms with E-state index in [9.17, 15) is 4.79 Å². The number of thiophene rings is 1. The number of aromatic nitrogens is 3. The van der Waals surface area contributed by atoms with Crippen molar-refractivity contribution >= 4 is 23.2 Å². The Balaban J connectivity index is 1.78. The highest BCUT2D eigenvalue weighted by Gasteiger charge is 2.27. The molecule has 1 aliphatic rings. The molecule has 0 bridgehead atoms. The van der Waals surface area contributed by atoms with E-state index in [1.807, 2.05) is 17.6 Å². The third-order valence-electron chi connectivity index (χ3n) is 3.36. The van der Waals surface area contributed by atoms with E-state index in [1.54, 1.807) is 6.33 Å². The fourth-order valence-corrected chi connectivity index (χ4v) is 3.11. The summed E-state index contributed by atoms with van der Waals surface area (Å²) < 4.78 is 1.94. The Morgan fingerprint density at radius 1 is 1.58 bits per heavy atom. The van der Waals surface area contributed by atoms with Gasteiger partial charge in [-0.2, -0.15) is 0 Å². The molecule has 100 valence electrons. The highest BCUT2D eigenvalue weighted by molar-refractivity contribution is 7.14. The second kappa shape index (κ2) is 4.77. The van der Waals surface area contributed by atoms with Crippen LogP contribution in [-0.4, -0.2) is 20.7 Å². The number of carbonyl (C=O) groups is 1. The van der Waals surface area contributed by atoms with Crippen LogP contribution >= 0.6 is 11.3 Å². The largest absolute Gasteiger partial charge is 0.297 e. The maximum Gasteiger partial charge on any atom is 0.268 e. The van der Waals surface area contributed by atoms with E-state index in [1.165, 1.54) is 21.8 Å². The smallest absolute Gasteiger partial charge is 0.268 e. The topological polar surface area (TPSA) is 59.8 Å². The summed E-state index contributed by atoms with van der Waals surface area (Å²) in [5.41, 5.74) is 1.24. The minimum atomic E-state index is -0.0947. The van der Waals surface area contributed by atoms with Crippen molar-refractivity contribution in [3.63, 3.8) is 0 Å². The summed E-state index contributed by atoms with van der Waals surface area (Å²) in [4.78, 5) is 14.1. The van der Waals surface area contributed by atoms with E-state index in [-0.39, 0.29) is 5.91 Å². The molecule has 1 aliphatic carbocycles. The quantitative estimate of drug-likeness (QED) is 0.934. The van der Waals surface area contributed by atoms with E-state index in [4.69, 9.17) is 0 Å². The van der Waals surface area contributed by atoms with Crippen molar-refractivity contribution in [3.8, 4) is 0 Å². The zero-order valence-corrected chi connectivity index (χ0v) is 11.8. The molecule has 1 saturated carbocycles. The van der Waals surface area contributed by atoms with Crippen LogP contribution < -0.4 is 5.32 Å². The molecule has 1 N–H and O–H groups in total. The monoisotopic (exact) mass is 276 g/mol. The molecule has 0 aliphatic heterocycles. The molecule has 0 unspecified atom stereocenters. The number of hydrogen-bond donors (Lipinski definition) is 1. The summed E-state index contributed by atoms with van der Waals surface area (Å²) in [6, 6.07) is 2.43. The van der Waals surface area contributed by atoms with E-state index in [2.05, 4.69) is 22.4 Å². The van der Waals surface area contributed by atoms with Gasteiger partial charge in [0.2, 0.25) is 5.95 Å². The summed E-state index contributed by atoms with van der Waals surface area (Å²) >= 11 is 1.53. The summed E-state index contributed by atoms with van der Waals surface area (Å²) in [6.07, 6.45) is 4.91. The minimum absolute atomic E-state index is 0.0947. The molecule has 6 heteroatoms. The highest BCUT2D eigenvalue weighted by Crippen LogP contribution is 2.36. The van der Waals surface area contributed by atoms with Crippen molar-refractivity contribution < 1.29 is 4.79 Å². The molecule has 0 saturated heterocycles. The second-order valence-corrected chi connectivity index (χ2v) is 6.05. The zero-order chi connectivity index (χ0) is 13.4. The maximum absolute atomic E-state index is 12.2. The summed E-state index contributed by atoms with van der Waals surface area (Å²) in [7, 11) is 0. The first-order chi connectivity index (χ1) is 9.19. The number of nitrogens with zero attached hydrogens (tertiary/aromatic N) is 3. The van der Waals surface area contributed by atoms with Crippen molar-refractivity contribution in [1.82, 2.24) is 14.8 Å². The fraction of sp³-hybridized carbons (Fsp3) is 0.462. The van der Waals surface area contributed by atoms with Crippen LogP contribution in [0.15, 0.2) is 12.4 Å². The molecule has 3 rings (SSSR count). The van der Waals surface area contributed by atoms with Gasteiger partial charge in [0.1, 0.15) is 6.33 Å². The van der Waals surface area contributed by atoms with Gasteiger partial charge >= 0.3 is 0 Å². The first-order valence-electron chi connectivity index (χ1n) is 6.49. The van der Waals surface area contributed by atoms with Crippen LogP contribution in [0.1, 0.15) is 45.9 Å². The van der Waals surface area contributed by atoms with E-state index in [0.29, 0.717) is 12.0 Å². The van der Waals surface area contributed by atoms with Crippen LogP contribution in [0.5, 0.6) is 0 Å². The average molecular weight is 276 g/mol. The van der Waals surface area contributed by atoms with Gasteiger partial charge in [-0.3, -0.25) is 14.7 Å². The molecule has 2 heterocycles. The van der Waals surface area contributed by atoms with E-state index in [0.717, 1.165) is 24.1 Å². The van der Waals surface area contributed by atoms with Gasteiger partial charge in [0.25, 0.3) is 5.91 Å². The van der Waals surface area contributed by atoms with Gasteiger partial charge in [0, 0.05) is 10.9 Å². The van der Waals surface area contributed by atoms with Crippen molar-refractivity contribution in [1.29, 1.82) is 0 Å². The molecule has 5 nitrogen and oxygen atoms in total. The number of hydrogen-bond acceptors (Lipinski definition) is 4. The lowest BCUT2D eigenvalue weighted by atomic mass is 10.2. The Kier molecular flexibility index (Phi) is 3.10. The van der Waals surface area contributed by atoms with Gasteiger partial charge < -0.3 is 0 Å². The lowest BCUT2D eigenvalue weighted by Gasteiger charge is -2.04. The van der Waals surface area contributed by atoms with Gasteiger partial charge in [-0.15, -0.1) is 21.5 Å². The maximum atomic E-state index is 12.2. The third-order valence-corrected chi connectivity index (χ3v) is 4.46. The molecule has 0 atom stereocenters. The number of carbonyl (C=O) groups excluding carboxylic acids is 1. The van der Waals surface area contributed by atoms with Crippen LogP contribution in [-0.2, 0) is 6.42 Å². The van der Waals surface area contributed by atoms with Crippen LogP contribution in [0.3, 0.4) is 0 Å². The molecule has 0 spiro atoms. The van der Waals surface area contributed by atoms with E-state index < -0.39 is 0 Å². The summed E-state index contributed by atoms with van der Waals surface area (Å²) in [5.74, 6) is 0.458. The number of anilines is 1. The SMILES string of the molecule is CCc1cc(C(=O)Nc2nncn2C2CC2)sc1C. The highest BCUT2D eigenvalue weighted by atomic mass is 32.1. The van der Waals surface area contributed by atoms with Gasteiger partial charge in [-0.05, 0) is 37.8 Å². The zero-order valence-electron chi connectivity index (χ0n) is 11.0. The summed E-state index contributed by atoms with van der Waals surface area (Å²) in [6.45, 7) is 4.15. The van der Waals surface area contributed by atoms with Gasteiger partial charge in [0.15, 0.2) is 0 Å². The molecule has 2 aromatic heterocycles. The molecular weight excluding hydrogens is 260 g/mol. The Morgan fingerprint density at radius 3 is 3.00 bits per heavy atom. The predicted octanol–water partition coefficient (Wildman–Crippen LogP) is 2.80. The molecule has 0 aromatic carbocycles. The van der Waals surface area contributed by atoms with Crippen molar-refractivity contribution in [2.45, 2.75) is 39.2 Å². The van der Waals surface area contributed by atoms with Crippen molar-refractivity contribution in [2.24, 2.45) is 0 Å². The molecular formula is C13H16N4OS. The second-order valence-electron chi connectivity index (χ2n) is 4.79. The third kappa shape index (κ3) is 2.40. The standard InChI is InChI=1S/C13H16N4OS/c1-3-9-6-11(19-8(9)2)12(18)15-13-16-14-7-17(13)10-4-5-10/h6-7,10H,3-5H2,1-2H3,(H,15,16,18). The number of nitrogens with one attached hydrogen (secondary N) is 1. The Hall–Kier alpha value is -1.69. The van der Waals surface area contributed by atoms with Crippen LogP contribution in [0, 0.1) is 6.92 Å². The molecule has 0 radical (unpaired) electrons. The predicted molar refractivity (Wildman–Crippen MR) is 74.7 cm³/mol. The number of rotatable bonds is 4. The lowest BCUT2D eigenvalue weighted by molar-refractivity contribution is 0.102. The molecule has 19 heavy (non-hydrogen) atoms. The van der Waals surface area contributed by atoms with Crippen LogP contribution in [0.4, 0.5) is 5.95 Å². The average Bonchev–Trinajstić information content (AvgIpc) is 3.02. The molecule has 1 fully saturated rings. The Bertz CT molecular complexity index is 612. The lowest BCUT2D eigenvalue weighted by Crippen LogP contribution is -2.14. The van der Waals surface area contributed by atoms with Crippen molar-refractivity contribution in [3.05, 3.63) is 27.7 Å². The number of amides is 1. The first kappa shape index (κ1) is 12.3. The summed E-state index contributed by atoms with van der Waals surface area (Å²) in [5, 5.41) is 10.7. The van der Waals surface area contributed by atoms with Crippen molar-refractivity contribution in [2.75, 3.05) is 5.32 Å². The van der Waals surface area contributed by atoms with Gasteiger partial charge in [-0.1, -0.05) is 6.92 Å². The molecule has 1 amide bonds. The fourth-order valence-electron chi connectivity index (χ4n) is 2.10. The van der Waals surface area contributed by atoms with Crippen LogP contribution in [0.2, 0.25) is 0 Å². The van der Waals surface area contributed by atoms with E-state index >= 15 is 0 Å². The Labute approximate surface area is 115 Å². The van der Waals surface area contributed by atoms with Gasteiger partial charge in [-0.25, -0.2) is 0 Å². The normalized spacial score (nSPS) is 14.6. The number of aryl methyl sites for hydroxylation is 2. The van der Waals surface area contributed by atoms with Gasteiger partial charge in [0.05, 0.1) is 4.88 Å².